The molecule has 29 heavy (non-hydrogen) atoms. The normalized spacial score (nSPS) is 20.0. The quantitative estimate of drug-likeness (QED) is 0.600. The lowest BCUT2D eigenvalue weighted by molar-refractivity contribution is -0.141. The Morgan fingerprint density at radius 1 is 1.03 bits per heavy atom. The van der Waals surface area contributed by atoms with E-state index in [1.165, 1.54) is 0 Å². The van der Waals surface area contributed by atoms with Crippen LogP contribution in [0.1, 0.15) is 42.6 Å². The molecule has 0 radical (unpaired) electrons. The zero-order chi connectivity index (χ0) is 20.9. The van der Waals surface area contributed by atoms with Crippen LogP contribution in [0.2, 0.25) is 0 Å². The fraction of sp³-hybridized carbons (Fsp3) is 0.261. The van der Waals surface area contributed by atoms with Crippen LogP contribution < -0.4 is 5.32 Å². The number of amides is 1. The Morgan fingerprint density at radius 3 is 2.24 bits per heavy atom. The predicted molar refractivity (Wildman–Crippen MR) is 107 cm³/mol. The summed E-state index contributed by atoms with van der Waals surface area (Å²) < 4.78 is 10.6. The SMILES string of the molecule is CCOC(=O)/C(CC)=C1\CC(NC(=O)c2ccccc2)(c2ccccc2)C(=O)O1. The first-order valence-electron chi connectivity index (χ1n) is 9.56. The van der Waals surface area contributed by atoms with Gasteiger partial charge in [0.1, 0.15) is 5.76 Å². The van der Waals surface area contributed by atoms with Gasteiger partial charge in [-0.15, -0.1) is 0 Å². The van der Waals surface area contributed by atoms with Crippen LogP contribution >= 0.6 is 0 Å². The Kier molecular flexibility index (Phi) is 6.12. The average molecular weight is 393 g/mol. The van der Waals surface area contributed by atoms with E-state index in [4.69, 9.17) is 9.47 Å². The van der Waals surface area contributed by atoms with Gasteiger partial charge in [-0.1, -0.05) is 55.5 Å². The zero-order valence-corrected chi connectivity index (χ0v) is 16.4. The minimum Gasteiger partial charge on any atom is -0.463 e. The number of hydrogen-bond donors (Lipinski definition) is 1. The number of hydrogen-bond acceptors (Lipinski definition) is 5. The first-order valence-corrected chi connectivity index (χ1v) is 9.56. The monoisotopic (exact) mass is 393 g/mol. The largest absolute Gasteiger partial charge is 0.463 e. The molecule has 3 rings (SSSR count). The molecule has 1 aliphatic rings. The second-order valence-corrected chi connectivity index (χ2v) is 6.63. The number of benzene rings is 2. The van der Waals surface area contributed by atoms with Crippen molar-refractivity contribution in [3.63, 3.8) is 0 Å². The van der Waals surface area contributed by atoms with E-state index in [1.54, 1.807) is 68.4 Å². The van der Waals surface area contributed by atoms with Gasteiger partial charge in [-0.3, -0.25) is 4.79 Å². The molecule has 1 fully saturated rings. The maximum atomic E-state index is 13.1. The van der Waals surface area contributed by atoms with Gasteiger partial charge in [-0.2, -0.15) is 0 Å². The third kappa shape index (κ3) is 4.06. The van der Waals surface area contributed by atoms with E-state index in [-0.39, 0.29) is 18.8 Å². The summed E-state index contributed by atoms with van der Waals surface area (Å²) in [5.41, 5.74) is -0.110. The fourth-order valence-electron chi connectivity index (χ4n) is 3.36. The highest BCUT2D eigenvalue weighted by Crippen LogP contribution is 2.39. The van der Waals surface area contributed by atoms with Crippen LogP contribution in [0, 0.1) is 0 Å². The molecule has 0 aliphatic carbocycles. The van der Waals surface area contributed by atoms with Gasteiger partial charge < -0.3 is 14.8 Å². The predicted octanol–water partition coefficient (Wildman–Crippen LogP) is 3.49. The summed E-state index contributed by atoms with van der Waals surface area (Å²) in [4.78, 5) is 38.2. The van der Waals surface area contributed by atoms with Crippen molar-refractivity contribution in [2.45, 2.75) is 32.2 Å². The molecule has 150 valence electrons. The standard InChI is InChI=1S/C23H23NO5/c1-3-18(21(26)28-4-2)19-15-23(22(27)29-19,17-13-9-6-10-14-17)24-20(25)16-11-7-5-8-12-16/h5-14H,3-4,15H2,1-2H3,(H,24,25)/b19-18+. The first-order chi connectivity index (χ1) is 14.0. The van der Waals surface area contributed by atoms with Gasteiger partial charge in [-0.25, -0.2) is 9.59 Å². The first kappa shape index (κ1) is 20.3. The number of esters is 2. The molecule has 1 amide bonds. The Balaban J connectivity index is 2.04. The number of nitrogens with one attached hydrogen (secondary N) is 1. The molecule has 1 unspecified atom stereocenters. The second kappa shape index (κ2) is 8.73. The van der Waals surface area contributed by atoms with Crippen molar-refractivity contribution >= 4 is 17.8 Å². The maximum Gasteiger partial charge on any atom is 0.342 e. The van der Waals surface area contributed by atoms with E-state index < -0.39 is 23.4 Å². The molecule has 6 nitrogen and oxygen atoms in total. The van der Waals surface area contributed by atoms with Gasteiger partial charge in [0.15, 0.2) is 5.54 Å². The van der Waals surface area contributed by atoms with Gasteiger partial charge in [-0.05, 0) is 31.0 Å². The van der Waals surface area contributed by atoms with Crippen LogP contribution in [-0.2, 0) is 24.6 Å². The van der Waals surface area contributed by atoms with Crippen molar-refractivity contribution in [2.75, 3.05) is 6.61 Å². The topological polar surface area (TPSA) is 81.7 Å². The van der Waals surface area contributed by atoms with Gasteiger partial charge in [0.2, 0.25) is 0 Å². The molecule has 1 atom stereocenters. The fourth-order valence-corrected chi connectivity index (χ4v) is 3.36. The van der Waals surface area contributed by atoms with E-state index >= 15 is 0 Å². The second-order valence-electron chi connectivity index (χ2n) is 6.63. The molecule has 1 saturated heterocycles. The molecule has 1 heterocycles. The molecule has 1 aliphatic heterocycles. The smallest absolute Gasteiger partial charge is 0.342 e. The van der Waals surface area contributed by atoms with Gasteiger partial charge in [0.25, 0.3) is 5.91 Å². The highest BCUT2D eigenvalue weighted by atomic mass is 16.6. The summed E-state index contributed by atoms with van der Waals surface area (Å²) in [5, 5.41) is 2.85. The van der Waals surface area contributed by atoms with Crippen molar-refractivity contribution in [1.29, 1.82) is 0 Å². The Hall–Kier alpha value is -3.41. The number of ether oxygens (including phenoxy) is 2. The van der Waals surface area contributed by atoms with Crippen LogP contribution in [0.5, 0.6) is 0 Å². The van der Waals surface area contributed by atoms with Crippen molar-refractivity contribution in [1.82, 2.24) is 5.32 Å². The van der Waals surface area contributed by atoms with Crippen LogP contribution in [0.3, 0.4) is 0 Å². The molecule has 2 aromatic rings. The Morgan fingerprint density at radius 2 is 1.66 bits per heavy atom. The maximum absolute atomic E-state index is 13.1. The van der Waals surface area contributed by atoms with Crippen molar-refractivity contribution in [2.24, 2.45) is 0 Å². The lowest BCUT2D eigenvalue weighted by Crippen LogP contribution is -2.49. The van der Waals surface area contributed by atoms with E-state index in [1.807, 2.05) is 6.07 Å². The van der Waals surface area contributed by atoms with Crippen LogP contribution in [-0.4, -0.2) is 24.5 Å². The molecule has 0 spiro atoms. The Bertz CT molecular complexity index is 936. The summed E-state index contributed by atoms with van der Waals surface area (Å²) in [5.74, 6) is -1.32. The highest BCUT2D eigenvalue weighted by Gasteiger charge is 2.51. The molecular weight excluding hydrogens is 370 g/mol. The van der Waals surface area contributed by atoms with E-state index in [0.29, 0.717) is 23.1 Å². The lowest BCUT2D eigenvalue weighted by atomic mass is 9.86. The van der Waals surface area contributed by atoms with Gasteiger partial charge >= 0.3 is 11.9 Å². The Labute approximate surface area is 169 Å². The molecular formula is C23H23NO5. The third-order valence-corrected chi connectivity index (χ3v) is 4.83. The molecule has 0 aromatic heterocycles. The van der Waals surface area contributed by atoms with Crippen LogP contribution in [0.4, 0.5) is 0 Å². The molecule has 0 bridgehead atoms. The molecule has 1 N–H and O–H groups in total. The minimum atomic E-state index is -1.42. The van der Waals surface area contributed by atoms with E-state index in [0.717, 1.165) is 0 Å². The van der Waals surface area contributed by atoms with Crippen LogP contribution in [0.25, 0.3) is 0 Å². The molecule has 2 aromatic carbocycles. The number of carbonyl (C=O) groups excluding carboxylic acids is 3. The number of carbonyl (C=O) groups is 3. The van der Waals surface area contributed by atoms with Crippen molar-refractivity contribution in [3.8, 4) is 0 Å². The summed E-state index contributed by atoms with van der Waals surface area (Å²) in [7, 11) is 0. The summed E-state index contributed by atoms with van der Waals surface area (Å²) in [6.45, 7) is 3.72. The highest BCUT2D eigenvalue weighted by molar-refractivity contribution is 6.00. The summed E-state index contributed by atoms with van der Waals surface area (Å²) in [6.07, 6.45) is 0.384. The zero-order valence-electron chi connectivity index (χ0n) is 16.4. The third-order valence-electron chi connectivity index (χ3n) is 4.83. The lowest BCUT2D eigenvalue weighted by Gasteiger charge is -2.26. The van der Waals surface area contributed by atoms with Crippen molar-refractivity contribution in [3.05, 3.63) is 83.1 Å². The van der Waals surface area contributed by atoms with Gasteiger partial charge in [0.05, 0.1) is 12.2 Å². The van der Waals surface area contributed by atoms with E-state index in [2.05, 4.69) is 5.32 Å². The summed E-state index contributed by atoms with van der Waals surface area (Å²) >= 11 is 0. The van der Waals surface area contributed by atoms with E-state index in [9.17, 15) is 14.4 Å². The molecule has 0 saturated carbocycles. The number of rotatable bonds is 6. The number of cyclic esters (lactones) is 1. The van der Waals surface area contributed by atoms with Gasteiger partial charge in [0, 0.05) is 12.0 Å². The average Bonchev–Trinajstić information content (AvgIpc) is 3.06. The molecule has 6 heteroatoms. The summed E-state index contributed by atoms with van der Waals surface area (Å²) in [6, 6.07) is 17.5. The van der Waals surface area contributed by atoms with Crippen LogP contribution in [0.15, 0.2) is 72.0 Å². The minimum absolute atomic E-state index is 0.0381. The van der Waals surface area contributed by atoms with Crippen molar-refractivity contribution < 1.29 is 23.9 Å².